The molecule has 5 heteroatoms. The quantitative estimate of drug-likeness (QED) is 0.880. The van der Waals surface area contributed by atoms with Gasteiger partial charge in [-0.15, -0.1) is 0 Å². The second-order valence-electron chi connectivity index (χ2n) is 4.46. The number of aryl methyl sites for hydroxylation is 1. The van der Waals surface area contributed by atoms with Crippen molar-refractivity contribution >= 4 is 17.5 Å². The first kappa shape index (κ1) is 14.5. The molecule has 0 saturated carbocycles. The van der Waals surface area contributed by atoms with Crippen molar-refractivity contribution in [2.75, 3.05) is 6.54 Å². The van der Waals surface area contributed by atoms with Crippen LogP contribution in [0.1, 0.15) is 21.6 Å². The predicted octanol–water partition coefficient (Wildman–Crippen LogP) is 3.16. The second kappa shape index (κ2) is 6.48. The van der Waals surface area contributed by atoms with Gasteiger partial charge in [0.1, 0.15) is 11.0 Å². The first-order valence-electron chi connectivity index (χ1n) is 6.21. The van der Waals surface area contributed by atoms with Crippen LogP contribution >= 0.6 is 11.6 Å². The highest BCUT2D eigenvalue weighted by molar-refractivity contribution is 6.29. The highest BCUT2D eigenvalue weighted by Gasteiger charge is 2.07. The normalized spacial score (nSPS) is 10.3. The number of hydrogen-bond donors (Lipinski definition) is 1. The maximum atomic E-state index is 13.0. The minimum atomic E-state index is -0.273. The average molecular weight is 293 g/mol. The molecule has 2 aromatic rings. The monoisotopic (exact) mass is 292 g/mol. The van der Waals surface area contributed by atoms with E-state index in [0.29, 0.717) is 29.4 Å². The lowest BCUT2D eigenvalue weighted by Crippen LogP contribution is -2.25. The fourth-order valence-corrected chi connectivity index (χ4v) is 2.12. The Hall–Kier alpha value is -1.94. The van der Waals surface area contributed by atoms with E-state index in [1.54, 1.807) is 19.1 Å². The summed E-state index contributed by atoms with van der Waals surface area (Å²) in [4.78, 5) is 15.9. The van der Waals surface area contributed by atoms with Crippen LogP contribution in [0.3, 0.4) is 0 Å². The van der Waals surface area contributed by atoms with E-state index in [0.717, 1.165) is 5.56 Å². The summed E-state index contributed by atoms with van der Waals surface area (Å²) in [5.41, 5.74) is 2.00. The minimum absolute atomic E-state index is 0.214. The van der Waals surface area contributed by atoms with Crippen molar-refractivity contribution in [1.29, 1.82) is 0 Å². The van der Waals surface area contributed by atoms with Gasteiger partial charge in [-0.25, -0.2) is 9.37 Å². The Morgan fingerprint density at radius 3 is 2.85 bits per heavy atom. The molecule has 1 amide bonds. The lowest BCUT2D eigenvalue weighted by atomic mass is 10.1. The Kier molecular flexibility index (Phi) is 4.69. The minimum Gasteiger partial charge on any atom is -0.352 e. The number of halogens is 2. The van der Waals surface area contributed by atoms with Crippen molar-refractivity contribution < 1.29 is 9.18 Å². The second-order valence-corrected chi connectivity index (χ2v) is 4.84. The number of aromatic nitrogens is 1. The van der Waals surface area contributed by atoms with Gasteiger partial charge in [-0.3, -0.25) is 4.79 Å². The first-order valence-corrected chi connectivity index (χ1v) is 6.59. The molecule has 0 atom stereocenters. The molecule has 1 N–H and O–H groups in total. The van der Waals surface area contributed by atoms with Gasteiger partial charge in [-0.05, 0) is 43.2 Å². The Bertz CT molecular complexity index is 611. The van der Waals surface area contributed by atoms with Gasteiger partial charge in [0.05, 0.1) is 0 Å². The van der Waals surface area contributed by atoms with Gasteiger partial charge in [-0.2, -0.15) is 0 Å². The SMILES string of the molecule is Cc1cc(C(=O)NCCc2cccc(F)c2)cc(Cl)n1. The van der Waals surface area contributed by atoms with E-state index in [-0.39, 0.29) is 11.7 Å². The molecule has 0 radical (unpaired) electrons. The van der Waals surface area contributed by atoms with Crippen molar-refractivity contribution in [2.45, 2.75) is 13.3 Å². The van der Waals surface area contributed by atoms with E-state index in [4.69, 9.17) is 11.6 Å². The van der Waals surface area contributed by atoms with Crippen molar-refractivity contribution in [1.82, 2.24) is 10.3 Å². The summed E-state index contributed by atoms with van der Waals surface area (Å²) in [6.07, 6.45) is 0.571. The smallest absolute Gasteiger partial charge is 0.251 e. The molecule has 0 fully saturated rings. The van der Waals surface area contributed by atoms with E-state index < -0.39 is 0 Å². The van der Waals surface area contributed by atoms with Gasteiger partial charge >= 0.3 is 0 Å². The summed E-state index contributed by atoms with van der Waals surface area (Å²) < 4.78 is 13.0. The number of carbonyl (C=O) groups is 1. The van der Waals surface area contributed by atoms with Crippen LogP contribution in [0.2, 0.25) is 5.15 Å². The topological polar surface area (TPSA) is 42.0 Å². The number of amides is 1. The van der Waals surface area contributed by atoms with Crippen LogP contribution < -0.4 is 5.32 Å². The van der Waals surface area contributed by atoms with Crippen molar-refractivity contribution in [3.05, 3.63) is 64.2 Å². The molecule has 0 aliphatic carbocycles. The Morgan fingerprint density at radius 1 is 1.35 bits per heavy atom. The molecule has 0 unspecified atom stereocenters. The maximum Gasteiger partial charge on any atom is 0.251 e. The number of nitrogens with zero attached hydrogens (tertiary/aromatic N) is 1. The summed E-state index contributed by atoms with van der Waals surface area (Å²) >= 11 is 5.81. The van der Waals surface area contributed by atoms with Crippen LogP contribution in [0.4, 0.5) is 4.39 Å². The Labute approximate surface area is 121 Å². The molecule has 0 saturated heterocycles. The molecule has 2 rings (SSSR count). The number of pyridine rings is 1. The molecule has 1 aromatic carbocycles. The van der Waals surface area contributed by atoms with Gasteiger partial charge in [0.15, 0.2) is 0 Å². The molecule has 20 heavy (non-hydrogen) atoms. The highest BCUT2D eigenvalue weighted by Crippen LogP contribution is 2.10. The van der Waals surface area contributed by atoms with Crippen LogP contribution in [-0.2, 0) is 6.42 Å². The number of nitrogens with one attached hydrogen (secondary N) is 1. The predicted molar refractivity (Wildman–Crippen MR) is 76.4 cm³/mol. The summed E-state index contributed by atoms with van der Waals surface area (Å²) in [5.74, 6) is -0.487. The first-order chi connectivity index (χ1) is 9.54. The number of hydrogen-bond acceptors (Lipinski definition) is 2. The van der Waals surface area contributed by atoms with Crippen molar-refractivity contribution in [2.24, 2.45) is 0 Å². The van der Waals surface area contributed by atoms with Gasteiger partial charge < -0.3 is 5.32 Å². The third-order valence-corrected chi connectivity index (χ3v) is 2.97. The zero-order valence-corrected chi connectivity index (χ0v) is 11.7. The molecule has 0 aliphatic rings. The number of rotatable bonds is 4. The van der Waals surface area contributed by atoms with Crippen LogP contribution in [0.25, 0.3) is 0 Å². The molecular formula is C15H14ClFN2O. The van der Waals surface area contributed by atoms with E-state index in [2.05, 4.69) is 10.3 Å². The highest BCUT2D eigenvalue weighted by atomic mass is 35.5. The Balaban J connectivity index is 1.92. The zero-order valence-electron chi connectivity index (χ0n) is 11.0. The summed E-state index contributed by atoms with van der Waals surface area (Å²) in [6.45, 7) is 2.21. The third-order valence-electron chi connectivity index (χ3n) is 2.77. The van der Waals surface area contributed by atoms with E-state index in [1.807, 2.05) is 6.07 Å². The van der Waals surface area contributed by atoms with Gasteiger partial charge in [0.2, 0.25) is 0 Å². The fraction of sp³-hybridized carbons (Fsp3) is 0.200. The van der Waals surface area contributed by atoms with Gasteiger partial charge in [0, 0.05) is 17.8 Å². The molecule has 1 aromatic heterocycles. The van der Waals surface area contributed by atoms with Crippen molar-refractivity contribution in [3.8, 4) is 0 Å². The molecule has 1 heterocycles. The summed E-state index contributed by atoms with van der Waals surface area (Å²) in [6, 6.07) is 9.51. The standard InChI is InChI=1S/C15H14ClFN2O/c1-10-7-12(9-14(16)19-10)15(20)18-6-5-11-3-2-4-13(17)8-11/h2-4,7-9H,5-6H2,1H3,(H,18,20). The lowest BCUT2D eigenvalue weighted by Gasteiger charge is -2.06. The molecule has 0 bridgehead atoms. The lowest BCUT2D eigenvalue weighted by molar-refractivity contribution is 0.0954. The molecule has 3 nitrogen and oxygen atoms in total. The van der Waals surface area contributed by atoms with Gasteiger partial charge in [-0.1, -0.05) is 23.7 Å². The van der Waals surface area contributed by atoms with Crippen LogP contribution in [0, 0.1) is 12.7 Å². The average Bonchev–Trinajstić information content (AvgIpc) is 2.37. The fourth-order valence-electron chi connectivity index (χ4n) is 1.87. The molecule has 0 aliphatic heterocycles. The van der Waals surface area contributed by atoms with E-state index >= 15 is 0 Å². The van der Waals surface area contributed by atoms with Gasteiger partial charge in [0.25, 0.3) is 5.91 Å². The zero-order chi connectivity index (χ0) is 14.5. The molecule has 104 valence electrons. The largest absolute Gasteiger partial charge is 0.352 e. The van der Waals surface area contributed by atoms with E-state index in [9.17, 15) is 9.18 Å². The molecule has 0 spiro atoms. The number of benzene rings is 1. The van der Waals surface area contributed by atoms with E-state index in [1.165, 1.54) is 18.2 Å². The van der Waals surface area contributed by atoms with Crippen LogP contribution in [0.5, 0.6) is 0 Å². The third kappa shape index (κ3) is 4.03. The maximum absolute atomic E-state index is 13.0. The van der Waals surface area contributed by atoms with Crippen LogP contribution in [-0.4, -0.2) is 17.4 Å². The summed E-state index contributed by atoms with van der Waals surface area (Å²) in [5, 5.41) is 3.07. The number of carbonyl (C=O) groups excluding carboxylic acids is 1. The molecular weight excluding hydrogens is 279 g/mol. The van der Waals surface area contributed by atoms with Crippen LogP contribution in [0.15, 0.2) is 36.4 Å². The Morgan fingerprint density at radius 2 is 2.15 bits per heavy atom. The summed E-state index contributed by atoms with van der Waals surface area (Å²) in [7, 11) is 0. The van der Waals surface area contributed by atoms with Crippen molar-refractivity contribution in [3.63, 3.8) is 0 Å².